The standard InChI is InChI=1S/C16H17ClF3N5O/c1-25(2)6-5-21-14(26)10-8-22-15(23-9-10)24-13-4-3-11(17)7-12(13)16(18,19)20/h3-4,7-9H,5-6H2,1-2H3,(H,21,26)(H,22,23,24). The predicted octanol–water partition coefficient (Wildman–Crippen LogP) is 3.18. The minimum absolute atomic E-state index is 0.0338. The van der Waals surface area contributed by atoms with Crippen LogP contribution in [0.1, 0.15) is 15.9 Å². The largest absolute Gasteiger partial charge is 0.418 e. The van der Waals surface area contributed by atoms with Crippen LogP contribution in [0.3, 0.4) is 0 Å². The van der Waals surface area contributed by atoms with Crippen molar-refractivity contribution in [2.45, 2.75) is 6.18 Å². The molecule has 1 amide bonds. The van der Waals surface area contributed by atoms with Gasteiger partial charge < -0.3 is 15.5 Å². The summed E-state index contributed by atoms with van der Waals surface area (Å²) >= 11 is 5.64. The molecule has 0 spiro atoms. The number of anilines is 2. The zero-order valence-electron chi connectivity index (χ0n) is 14.1. The SMILES string of the molecule is CN(C)CCNC(=O)c1cnc(Nc2ccc(Cl)cc2C(F)(F)F)nc1. The van der Waals surface area contributed by atoms with E-state index >= 15 is 0 Å². The van der Waals surface area contributed by atoms with Crippen LogP contribution in [0.15, 0.2) is 30.6 Å². The maximum absolute atomic E-state index is 13.1. The van der Waals surface area contributed by atoms with Crippen molar-refractivity contribution in [3.8, 4) is 0 Å². The second-order valence-corrected chi connectivity index (χ2v) is 6.10. The average Bonchev–Trinajstić information content (AvgIpc) is 2.56. The lowest BCUT2D eigenvalue weighted by Crippen LogP contribution is -2.31. The van der Waals surface area contributed by atoms with Gasteiger partial charge in [0.1, 0.15) is 0 Å². The number of benzene rings is 1. The number of nitrogens with one attached hydrogen (secondary N) is 2. The summed E-state index contributed by atoms with van der Waals surface area (Å²) in [7, 11) is 3.75. The van der Waals surface area contributed by atoms with E-state index in [4.69, 9.17) is 11.6 Å². The first-order valence-corrected chi connectivity index (χ1v) is 7.93. The second-order valence-electron chi connectivity index (χ2n) is 5.67. The van der Waals surface area contributed by atoms with E-state index in [0.717, 1.165) is 6.07 Å². The van der Waals surface area contributed by atoms with Gasteiger partial charge in [0.2, 0.25) is 5.95 Å². The van der Waals surface area contributed by atoms with Crippen molar-refractivity contribution in [2.75, 3.05) is 32.5 Å². The Morgan fingerprint density at radius 2 is 1.88 bits per heavy atom. The van der Waals surface area contributed by atoms with Crippen molar-refractivity contribution < 1.29 is 18.0 Å². The monoisotopic (exact) mass is 387 g/mol. The first-order valence-electron chi connectivity index (χ1n) is 7.55. The highest BCUT2D eigenvalue weighted by Gasteiger charge is 2.34. The number of aromatic nitrogens is 2. The van der Waals surface area contributed by atoms with Gasteiger partial charge in [0.05, 0.1) is 16.8 Å². The third-order valence-corrected chi connectivity index (χ3v) is 3.53. The Morgan fingerprint density at radius 3 is 2.46 bits per heavy atom. The number of rotatable bonds is 6. The molecule has 0 aliphatic rings. The Morgan fingerprint density at radius 1 is 1.23 bits per heavy atom. The molecule has 1 aromatic carbocycles. The number of hydrogen-bond donors (Lipinski definition) is 2. The number of hydrogen-bond acceptors (Lipinski definition) is 5. The third kappa shape index (κ3) is 5.57. The topological polar surface area (TPSA) is 70.2 Å². The van der Waals surface area contributed by atoms with Gasteiger partial charge in [-0.2, -0.15) is 13.2 Å². The van der Waals surface area contributed by atoms with Crippen LogP contribution in [0.4, 0.5) is 24.8 Å². The molecule has 0 saturated heterocycles. The molecule has 0 bridgehead atoms. The lowest BCUT2D eigenvalue weighted by molar-refractivity contribution is -0.136. The van der Waals surface area contributed by atoms with E-state index in [9.17, 15) is 18.0 Å². The molecule has 1 heterocycles. The molecular formula is C16H17ClF3N5O. The van der Waals surface area contributed by atoms with Gasteiger partial charge in [0.15, 0.2) is 0 Å². The fourth-order valence-electron chi connectivity index (χ4n) is 1.99. The molecule has 0 saturated carbocycles. The van der Waals surface area contributed by atoms with Gasteiger partial charge >= 0.3 is 6.18 Å². The van der Waals surface area contributed by atoms with E-state index < -0.39 is 11.7 Å². The maximum Gasteiger partial charge on any atom is 0.418 e. The summed E-state index contributed by atoms with van der Waals surface area (Å²) in [6.45, 7) is 1.12. The fourth-order valence-corrected chi connectivity index (χ4v) is 2.16. The highest BCUT2D eigenvalue weighted by atomic mass is 35.5. The molecule has 0 fully saturated rings. The molecule has 140 valence electrons. The molecule has 10 heteroatoms. The van der Waals surface area contributed by atoms with Gasteiger partial charge in [-0.1, -0.05) is 11.6 Å². The predicted molar refractivity (Wildman–Crippen MR) is 92.7 cm³/mol. The van der Waals surface area contributed by atoms with Gasteiger partial charge in [-0.05, 0) is 32.3 Å². The third-order valence-electron chi connectivity index (χ3n) is 3.29. The molecule has 1 aromatic heterocycles. The van der Waals surface area contributed by atoms with Gasteiger partial charge in [-0.25, -0.2) is 9.97 Å². The van der Waals surface area contributed by atoms with Crippen molar-refractivity contribution in [1.82, 2.24) is 20.2 Å². The smallest absolute Gasteiger partial charge is 0.351 e. The second kappa shape index (κ2) is 8.33. The number of likely N-dealkylation sites (N-methyl/N-ethyl adjacent to an activating group) is 1. The first-order chi connectivity index (χ1) is 12.2. The quantitative estimate of drug-likeness (QED) is 0.796. The summed E-state index contributed by atoms with van der Waals surface area (Å²) in [5.74, 6) is -0.427. The Labute approximate surface area is 153 Å². The van der Waals surface area contributed by atoms with Gasteiger partial charge in [-0.3, -0.25) is 4.79 Å². The maximum atomic E-state index is 13.1. The summed E-state index contributed by atoms with van der Waals surface area (Å²) in [6.07, 6.45) is -2.10. The van der Waals surface area contributed by atoms with E-state index in [-0.39, 0.29) is 28.1 Å². The van der Waals surface area contributed by atoms with Crippen LogP contribution in [0.2, 0.25) is 5.02 Å². The lowest BCUT2D eigenvalue weighted by Gasteiger charge is -2.14. The molecule has 0 atom stereocenters. The molecule has 0 unspecified atom stereocenters. The Balaban J connectivity index is 2.09. The number of carbonyl (C=O) groups excluding carboxylic acids is 1. The van der Waals surface area contributed by atoms with Crippen molar-refractivity contribution in [3.05, 3.63) is 46.7 Å². The Hall–Kier alpha value is -2.39. The average molecular weight is 388 g/mol. The number of amides is 1. The molecule has 0 radical (unpaired) electrons. The fraction of sp³-hybridized carbons (Fsp3) is 0.312. The van der Waals surface area contributed by atoms with Crippen molar-refractivity contribution >= 4 is 29.1 Å². The summed E-state index contributed by atoms with van der Waals surface area (Å²) in [6, 6.07) is 3.33. The Bertz CT molecular complexity index is 765. The normalized spacial score (nSPS) is 11.5. The zero-order valence-corrected chi connectivity index (χ0v) is 14.8. The molecule has 0 aliphatic carbocycles. The number of alkyl halides is 3. The van der Waals surface area contributed by atoms with E-state index in [1.165, 1.54) is 24.5 Å². The molecule has 2 N–H and O–H groups in total. The highest BCUT2D eigenvalue weighted by molar-refractivity contribution is 6.30. The molecule has 6 nitrogen and oxygen atoms in total. The summed E-state index contributed by atoms with van der Waals surface area (Å²) in [5.41, 5.74) is -0.953. The molecule has 2 aromatic rings. The van der Waals surface area contributed by atoms with Crippen LogP contribution in [-0.4, -0.2) is 48.0 Å². The first kappa shape index (κ1) is 19.9. The van der Waals surface area contributed by atoms with Crippen molar-refractivity contribution in [1.29, 1.82) is 0 Å². The van der Waals surface area contributed by atoms with E-state index in [0.29, 0.717) is 13.1 Å². The number of nitrogens with zero attached hydrogens (tertiary/aromatic N) is 3. The highest BCUT2D eigenvalue weighted by Crippen LogP contribution is 2.37. The van der Waals surface area contributed by atoms with Crippen LogP contribution in [-0.2, 0) is 6.18 Å². The summed E-state index contributed by atoms with van der Waals surface area (Å²) < 4.78 is 39.2. The van der Waals surface area contributed by atoms with Crippen LogP contribution in [0, 0.1) is 0 Å². The molecule has 0 aliphatic heterocycles. The van der Waals surface area contributed by atoms with Gasteiger partial charge in [0.25, 0.3) is 5.91 Å². The molecule has 2 rings (SSSR count). The molecular weight excluding hydrogens is 371 g/mol. The summed E-state index contributed by atoms with van der Waals surface area (Å²) in [5, 5.41) is 5.15. The minimum Gasteiger partial charge on any atom is -0.351 e. The zero-order chi connectivity index (χ0) is 19.3. The number of halogens is 4. The lowest BCUT2D eigenvalue weighted by atomic mass is 10.1. The molecule has 26 heavy (non-hydrogen) atoms. The van der Waals surface area contributed by atoms with E-state index in [1.54, 1.807) is 0 Å². The van der Waals surface area contributed by atoms with Crippen LogP contribution in [0.25, 0.3) is 0 Å². The van der Waals surface area contributed by atoms with E-state index in [2.05, 4.69) is 20.6 Å². The van der Waals surface area contributed by atoms with Crippen LogP contribution < -0.4 is 10.6 Å². The van der Waals surface area contributed by atoms with E-state index in [1.807, 2.05) is 19.0 Å². The Kier molecular flexibility index (Phi) is 6.38. The summed E-state index contributed by atoms with van der Waals surface area (Å²) in [4.78, 5) is 21.6. The van der Waals surface area contributed by atoms with Gasteiger partial charge in [-0.15, -0.1) is 0 Å². The van der Waals surface area contributed by atoms with Crippen molar-refractivity contribution in [2.24, 2.45) is 0 Å². The van der Waals surface area contributed by atoms with Gasteiger partial charge in [0, 0.05) is 30.5 Å². The van der Waals surface area contributed by atoms with Crippen LogP contribution >= 0.6 is 11.6 Å². The number of carbonyl (C=O) groups is 1. The minimum atomic E-state index is -4.58. The van der Waals surface area contributed by atoms with Crippen molar-refractivity contribution in [3.63, 3.8) is 0 Å². The van der Waals surface area contributed by atoms with Crippen LogP contribution in [0.5, 0.6) is 0 Å².